The van der Waals surface area contributed by atoms with Crippen molar-refractivity contribution in [2.75, 3.05) is 0 Å². The zero-order valence-corrected chi connectivity index (χ0v) is 31.5. The van der Waals surface area contributed by atoms with Crippen LogP contribution in [0.15, 0.2) is 188 Å². The summed E-state index contributed by atoms with van der Waals surface area (Å²) in [6.45, 7) is 0. The monoisotopic (exact) mass is 753 g/mol. The van der Waals surface area contributed by atoms with E-state index in [0.717, 1.165) is 77.6 Å². The van der Waals surface area contributed by atoms with Crippen LogP contribution in [0.3, 0.4) is 0 Å². The van der Waals surface area contributed by atoms with Gasteiger partial charge in [0, 0.05) is 39.9 Å². The molecule has 0 fully saturated rings. The molecule has 0 radical (unpaired) electrons. The van der Waals surface area contributed by atoms with Crippen LogP contribution in [0.4, 0.5) is 0 Å². The molecule has 274 valence electrons. The van der Waals surface area contributed by atoms with Crippen molar-refractivity contribution in [3.8, 4) is 85.4 Å². The molecule has 0 atom stereocenters. The Hall–Kier alpha value is -8.52. The highest BCUT2D eigenvalue weighted by atomic mass is 15.1. The van der Waals surface area contributed by atoms with Gasteiger partial charge in [0.05, 0.1) is 40.0 Å². The van der Waals surface area contributed by atoms with Gasteiger partial charge < -0.3 is 4.57 Å². The standard InChI is InChI=1S/C52H31N7/c53-32-40-15-7-9-17-42(40)38-19-22-44-45-23-20-39(43-18-10-8-16-41(43)33-54)31-49(45)59(48(44)30-38)47-24-21-37(34-25-27-55-28-26-34)29-46(47)52-57-50(35-11-3-1-4-12-35)56-51(58-52)36-13-5-2-6-14-36/h1-31H. The topological polar surface area (TPSA) is 104 Å². The third kappa shape index (κ3) is 6.36. The van der Waals surface area contributed by atoms with Crippen molar-refractivity contribution in [1.29, 1.82) is 10.5 Å². The van der Waals surface area contributed by atoms with Crippen LogP contribution < -0.4 is 0 Å². The maximum atomic E-state index is 10.1. The molecule has 10 rings (SSSR count). The van der Waals surface area contributed by atoms with Crippen LogP contribution in [0, 0.1) is 22.7 Å². The molecule has 3 aromatic heterocycles. The van der Waals surface area contributed by atoms with Crippen LogP contribution in [0.1, 0.15) is 11.1 Å². The first-order valence-corrected chi connectivity index (χ1v) is 19.2. The van der Waals surface area contributed by atoms with E-state index in [0.29, 0.717) is 28.6 Å². The van der Waals surface area contributed by atoms with Crippen LogP contribution in [0.2, 0.25) is 0 Å². The summed E-state index contributed by atoms with van der Waals surface area (Å²) in [7, 11) is 0. The minimum atomic E-state index is 0.510. The second-order valence-corrected chi connectivity index (χ2v) is 14.1. The van der Waals surface area contributed by atoms with E-state index in [1.165, 1.54) is 0 Å². The lowest BCUT2D eigenvalue weighted by atomic mass is 9.98. The van der Waals surface area contributed by atoms with E-state index in [-0.39, 0.29) is 0 Å². The summed E-state index contributed by atoms with van der Waals surface area (Å²) in [4.78, 5) is 19.7. The van der Waals surface area contributed by atoms with Crippen molar-refractivity contribution >= 4 is 21.8 Å². The molecule has 0 aliphatic rings. The number of nitriles is 2. The number of rotatable bonds is 7. The van der Waals surface area contributed by atoms with E-state index in [1.807, 2.05) is 121 Å². The summed E-state index contributed by atoms with van der Waals surface area (Å²) in [6, 6.07) is 63.2. The Bertz CT molecular complexity index is 3110. The third-order valence-electron chi connectivity index (χ3n) is 10.7. The third-order valence-corrected chi connectivity index (χ3v) is 10.7. The van der Waals surface area contributed by atoms with Crippen molar-refractivity contribution in [2.45, 2.75) is 0 Å². The largest absolute Gasteiger partial charge is 0.308 e. The number of pyridine rings is 1. The molecule has 0 saturated heterocycles. The summed E-state index contributed by atoms with van der Waals surface area (Å²) in [5.41, 5.74) is 12.0. The van der Waals surface area contributed by atoms with Crippen LogP contribution >= 0.6 is 0 Å². The van der Waals surface area contributed by atoms with E-state index < -0.39 is 0 Å². The van der Waals surface area contributed by atoms with Gasteiger partial charge in [-0.2, -0.15) is 10.5 Å². The van der Waals surface area contributed by atoms with Crippen LogP contribution in [-0.4, -0.2) is 24.5 Å². The number of fused-ring (bicyclic) bond motifs is 3. The Labute approximate surface area is 340 Å². The molecule has 0 N–H and O–H groups in total. The van der Waals surface area contributed by atoms with Crippen LogP contribution in [-0.2, 0) is 0 Å². The number of nitrogens with zero attached hydrogens (tertiary/aromatic N) is 7. The highest BCUT2D eigenvalue weighted by Gasteiger charge is 2.22. The molecule has 7 aromatic carbocycles. The van der Waals surface area contributed by atoms with Gasteiger partial charge in [-0.25, -0.2) is 15.0 Å². The maximum absolute atomic E-state index is 10.1. The molecule has 10 aromatic rings. The Kier molecular flexibility index (Phi) is 8.80. The zero-order valence-electron chi connectivity index (χ0n) is 31.5. The average Bonchev–Trinajstić information content (AvgIpc) is 3.64. The SMILES string of the molecule is N#Cc1ccccc1-c1ccc2c3ccc(-c4ccccc4C#N)cc3n(-c3ccc(-c4ccncc4)cc3-c3nc(-c4ccccc4)nc(-c4ccccc4)n3)c2c1. The molecule has 0 amide bonds. The van der Waals surface area contributed by atoms with Gasteiger partial charge >= 0.3 is 0 Å². The van der Waals surface area contributed by atoms with Crippen molar-refractivity contribution in [3.63, 3.8) is 0 Å². The normalized spacial score (nSPS) is 11.0. The Morgan fingerprint density at radius 1 is 0.373 bits per heavy atom. The maximum Gasteiger partial charge on any atom is 0.166 e. The lowest BCUT2D eigenvalue weighted by Gasteiger charge is -2.17. The Morgan fingerprint density at radius 2 is 0.847 bits per heavy atom. The van der Waals surface area contributed by atoms with E-state index >= 15 is 0 Å². The van der Waals surface area contributed by atoms with E-state index in [1.54, 1.807) is 12.4 Å². The highest BCUT2D eigenvalue weighted by Crippen LogP contribution is 2.41. The first-order valence-electron chi connectivity index (χ1n) is 19.2. The average molecular weight is 754 g/mol. The molecule has 0 bridgehead atoms. The molecular weight excluding hydrogens is 723 g/mol. The van der Waals surface area contributed by atoms with Gasteiger partial charge in [-0.05, 0) is 81.9 Å². The second-order valence-electron chi connectivity index (χ2n) is 14.1. The lowest BCUT2D eigenvalue weighted by molar-refractivity contribution is 1.06. The number of aromatic nitrogens is 5. The van der Waals surface area contributed by atoms with Crippen LogP contribution in [0.25, 0.3) is 95.0 Å². The first kappa shape index (κ1) is 34.9. The molecule has 3 heterocycles. The molecule has 0 aliphatic heterocycles. The smallest absolute Gasteiger partial charge is 0.166 e. The van der Waals surface area contributed by atoms with Gasteiger partial charge in [0.25, 0.3) is 0 Å². The van der Waals surface area contributed by atoms with Gasteiger partial charge in [-0.15, -0.1) is 0 Å². The Morgan fingerprint density at radius 3 is 1.37 bits per heavy atom. The molecular formula is C52H31N7. The fourth-order valence-electron chi connectivity index (χ4n) is 7.84. The quantitative estimate of drug-likeness (QED) is 0.160. The first-order chi connectivity index (χ1) is 29.2. The summed E-state index contributed by atoms with van der Waals surface area (Å²) in [6.07, 6.45) is 3.59. The summed E-state index contributed by atoms with van der Waals surface area (Å²) >= 11 is 0. The summed E-state index contributed by atoms with van der Waals surface area (Å²) in [5.74, 6) is 1.63. The molecule has 0 aliphatic carbocycles. The van der Waals surface area contributed by atoms with Crippen molar-refractivity contribution in [3.05, 3.63) is 199 Å². The van der Waals surface area contributed by atoms with Gasteiger partial charge in [0.15, 0.2) is 17.5 Å². The molecule has 7 heteroatoms. The molecule has 0 spiro atoms. The van der Waals surface area contributed by atoms with Gasteiger partial charge in [-0.3, -0.25) is 4.98 Å². The summed E-state index contributed by atoms with van der Waals surface area (Å²) in [5, 5.41) is 22.3. The van der Waals surface area contributed by atoms with E-state index in [4.69, 9.17) is 15.0 Å². The zero-order chi connectivity index (χ0) is 39.7. The van der Waals surface area contributed by atoms with Gasteiger partial charge in [0.1, 0.15) is 0 Å². The summed E-state index contributed by atoms with van der Waals surface area (Å²) < 4.78 is 2.27. The molecule has 59 heavy (non-hydrogen) atoms. The van der Waals surface area contributed by atoms with Crippen LogP contribution in [0.5, 0.6) is 0 Å². The van der Waals surface area contributed by atoms with Gasteiger partial charge in [-0.1, -0.05) is 127 Å². The van der Waals surface area contributed by atoms with E-state index in [2.05, 4.69) is 76.3 Å². The number of benzene rings is 7. The minimum absolute atomic E-state index is 0.510. The lowest BCUT2D eigenvalue weighted by Crippen LogP contribution is -2.04. The van der Waals surface area contributed by atoms with Crippen molar-refractivity contribution in [2.24, 2.45) is 0 Å². The number of hydrogen-bond acceptors (Lipinski definition) is 6. The Balaban J connectivity index is 1.32. The fraction of sp³-hybridized carbons (Fsp3) is 0. The molecule has 0 unspecified atom stereocenters. The molecule has 0 saturated carbocycles. The highest BCUT2D eigenvalue weighted by molar-refractivity contribution is 6.12. The number of hydrogen-bond donors (Lipinski definition) is 0. The second kappa shape index (κ2) is 14.9. The minimum Gasteiger partial charge on any atom is -0.308 e. The van der Waals surface area contributed by atoms with Crippen molar-refractivity contribution < 1.29 is 0 Å². The molecule has 7 nitrogen and oxygen atoms in total. The van der Waals surface area contributed by atoms with E-state index in [9.17, 15) is 10.5 Å². The predicted molar refractivity (Wildman–Crippen MR) is 234 cm³/mol. The predicted octanol–water partition coefficient (Wildman–Crippen LogP) is 12.1. The van der Waals surface area contributed by atoms with Crippen molar-refractivity contribution in [1.82, 2.24) is 24.5 Å². The van der Waals surface area contributed by atoms with Gasteiger partial charge in [0.2, 0.25) is 0 Å². The fourth-order valence-corrected chi connectivity index (χ4v) is 7.84.